The Hall–Kier alpha value is -2.12. The van der Waals surface area contributed by atoms with Crippen LogP contribution in [-0.2, 0) is 0 Å². The van der Waals surface area contributed by atoms with Crippen LogP contribution in [0.15, 0.2) is 63.3 Å². The summed E-state index contributed by atoms with van der Waals surface area (Å²) in [6.07, 6.45) is 0. The lowest BCUT2D eigenvalue weighted by Gasteiger charge is -2.14. The fraction of sp³-hybridized carbons (Fsp3) is 0.118. The lowest BCUT2D eigenvalue weighted by Crippen LogP contribution is -2.13. The van der Waals surface area contributed by atoms with Gasteiger partial charge in [-0.3, -0.25) is 0 Å². The van der Waals surface area contributed by atoms with Crippen molar-refractivity contribution in [3.05, 3.63) is 58.6 Å². The first-order valence-electron chi connectivity index (χ1n) is 7.31. The molecule has 0 saturated heterocycles. The van der Waals surface area contributed by atoms with Crippen LogP contribution in [0.2, 0.25) is 0 Å². The van der Waals surface area contributed by atoms with E-state index in [-0.39, 0.29) is 0 Å². The van der Waals surface area contributed by atoms with E-state index in [0.717, 1.165) is 43.8 Å². The molecule has 0 spiro atoms. The Morgan fingerprint density at radius 1 is 1.00 bits per heavy atom. The van der Waals surface area contributed by atoms with Crippen LogP contribution in [0.1, 0.15) is 5.56 Å². The van der Waals surface area contributed by atoms with E-state index >= 15 is 0 Å². The van der Waals surface area contributed by atoms with E-state index < -0.39 is 0 Å². The highest BCUT2D eigenvalue weighted by Crippen LogP contribution is 2.29. The molecule has 0 atom stereocenters. The van der Waals surface area contributed by atoms with Gasteiger partial charge in [0, 0.05) is 15.8 Å². The summed E-state index contributed by atoms with van der Waals surface area (Å²) in [4.78, 5) is 0. The van der Waals surface area contributed by atoms with E-state index in [2.05, 4.69) is 26.1 Å². The maximum Gasteiger partial charge on any atom is 0.212 e. The molecule has 7 heteroatoms. The van der Waals surface area contributed by atoms with Crippen molar-refractivity contribution >= 4 is 33.4 Å². The lowest BCUT2D eigenvalue weighted by molar-refractivity contribution is 0.415. The standard InChI is InChI=1S/C17H13BrN4OS/c1-23-14-8-4-11(5-9-14)15-10-24-17-20-19-16(22(17)21-15)12-2-6-13(18)7-3-12/h2-9H,10H2,1H3. The third-order valence-electron chi connectivity index (χ3n) is 3.70. The molecule has 1 aromatic heterocycles. The van der Waals surface area contributed by atoms with E-state index in [4.69, 9.17) is 9.84 Å². The molecule has 2 aromatic carbocycles. The molecular weight excluding hydrogens is 388 g/mol. The Kier molecular flexibility index (Phi) is 4.12. The van der Waals surface area contributed by atoms with Crippen molar-refractivity contribution in [3.8, 4) is 17.1 Å². The number of methoxy groups -OCH3 is 1. The number of hydrogen-bond donors (Lipinski definition) is 0. The molecule has 1 aliphatic rings. The van der Waals surface area contributed by atoms with Gasteiger partial charge in [0.05, 0.1) is 12.8 Å². The van der Waals surface area contributed by atoms with E-state index in [1.807, 2.05) is 53.2 Å². The molecule has 0 unspecified atom stereocenters. The number of aromatic nitrogens is 3. The average molecular weight is 401 g/mol. The molecule has 0 bridgehead atoms. The minimum absolute atomic E-state index is 0.746. The van der Waals surface area contributed by atoms with Gasteiger partial charge in [0.25, 0.3) is 0 Å². The minimum atomic E-state index is 0.746. The number of hydrogen-bond acceptors (Lipinski definition) is 5. The quantitative estimate of drug-likeness (QED) is 0.664. The third kappa shape index (κ3) is 2.85. The fourth-order valence-electron chi connectivity index (χ4n) is 2.43. The monoisotopic (exact) mass is 400 g/mol. The van der Waals surface area contributed by atoms with Crippen LogP contribution >= 0.6 is 27.7 Å². The van der Waals surface area contributed by atoms with Gasteiger partial charge in [0.1, 0.15) is 5.75 Å². The Morgan fingerprint density at radius 3 is 2.42 bits per heavy atom. The first-order chi connectivity index (χ1) is 11.7. The zero-order chi connectivity index (χ0) is 16.5. The van der Waals surface area contributed by atoms with Gasteiger partial charge in [0.2, 0.25) is 5.16 Å². The largest absolute Gasteiger partial charge is 0.497 e. The molecule has 4 rings (SSSR count). The van der Waals surface area contributed by atoms with Crippen LogP contribution < -0.4 is 4.74 Å². The molecule has 0 saturated carbocycles. The Labute approximate surface area is 151 Å². The summed E-state index contributed by atoms with van der Waals surface area (Å²) in [5, 5.41) is 14.1. The highest BCUT2D eigenvalue weighted by molar-refractivity contribution is 9.10. The normalized spacial score (nSPS) is 13.3. The van der Waals surface area contributed by atoms with Crippen LogP contribution in [0.25, 0.3) is 11.4 Å². The van der Waals surface area contributed by atoms with Crippen LogP contribution in [0, 0.1) is 0 Å². The molecule has 3 aromatic rings. The summed E-state index contributed by atoms with van der Waals surface area (Å²) in [6, 6.07) is 15.9. The fourth-order valence-corrected chi connectivity index (χ4v) is 3.53. The SMILES string of the molecule is COc1ccc(C2=Nn3c(nnc3-c3ccc(Br)cc3)SC2)cc1. The first kappa shape index (κ1) is 15.4. The van der Waals surface area contributed by atoms with Crippen molar-refractivity contribution in [1.82, 2.24) is 14.9 Å². The average Bonchev–Trinajstić information content (AvgIpc) is 3.05. The molecule has 0 radical (unpaired) electrons. The molecule has 1 aliphatic heterocycles. The minimum Gasteiger partial charge on any atom is -0.497 e. The summed E-state index contributed by atoms with van der Waals surface area (Å²) >= 11 is 5.09. The molecule has 0 fully saturated rings. The second-order valence-electron chi connectivity index (χ2n) is 5.19. The van der Waals surface area contributed by atoms with Gasteiger partial charge in [-0.05, 0) is 42.0 Å². The van der Waals surface area contributed by atoms with E-state index in [9.17, 15) is 0 Å². The van der Waals surface area contributed by atoms with Crippen molar-refractivity contribution < 1.29 is 4.74 Å². The maximum atomic E-state index is 5.21. The molecule has 5 nitrogen and oxygen atoms in total. The van der Waals surface area contributed by atoms with E-state index in [0.29, 0.717) is 0 Å². The van der Waals surface area contributed by atoms with Gasteiger partial charge in [-0.25, -0.2) is 0 Å². The molecule has 0 aliphatic carbocycles. The molecule has 0 N–H and O–H groups in total. The molecule has 2 heterocycles. The number of thioether (sulfide) groups is 1. The van der Waals surface area contributed by atoms with Crippen molar-refractivity contribution in [2.75, 3.05) is 12.9 Å². The first-order valence-corrected chi connectivity index (χ1v) is 9.09. The number of ether oxygens (including phenoxy) is 1. The topological polar surface area (TPSA) is 52.3 Å². The molecular formula is C17H13BrN4OS. The van der Waals surface area contributed by atoms with Crippen LogP contribution in [0.5, 0.6) is 5.75 Å². The van der Waals surface area contributed by atoms with Crippen molar-refractivity contribution in [2.24, 2.45) is 5.10 Å². The number of benzene rings is 2. The maximum absolute atomic E-state index is 5.21. The summed E-state index contributed by atoms with van der Waals surface area (Å²) in [5.41, 5.74) is 3.05. The zero-order valence-corrected chi connectivity index (χ0v) is 15.2. The highest BCUT2D eigenvalue weighted by Gasteiger charge is 2.20. The Balaban J connectivity index is 1.74. The predicted octanol–water partition coefficient (Wildman–Crippen LogP) is 4.07. The Bertz CT molecular complexity index is 903. The molecule has 120 valence electrons. The number of halogens is 1. The van der Waals surface area contributed by atoms with Crippen LogP contribution in [-0.4, -0.2) is 33.4 Å². The zero-order valence-electron chi connectivity index (χ0n) is 12.8. The van der Waals surface area contributed by atoms with E-state index in [1.54, 1.807) is 18.9 Å². The summed E-state index contributed by atoms with van der Waals surface area (Å²) in [5.74, 6) is 2.35. The smallest absolute Gasteiger partial charge is 0.212 e. The van der Waals surface area contributed by atoms with Crippen molar-refractivity contribution in [1.29, 1.82) is 0 Å². The summed E-state index contributed by atoms with van der Waals surface area (Å²) < 4.78 is 8.06. The van der Waals surface area contributed by atoms with Crippen molar-refractivity contribution in [3.63, 3.8) is 0 Å². The molecule has 24 heavy (non-hydrogen) atoms. The molecule has 0 amide bonds. The van der Waals surface area contributed by atoms with Gasteiger partial charge in [-0.1, -0.05) is 39.8 Å². The number of fused-ring (bicyclic) bond motifs is 1. The number of nitrogens with zero attached hydrogens (tertiary/aromatic N) is 4. The van der Waals surface area contributed by atoms with Crippen molar-refractivity contribution in [2.45, 2.75) is 5.16 Å². The lowest BCUT2D eigenvalue weighted by atomic mass is 10.1. The second kappa shape index (κ2) is 6.41. The van der Waals surface area contributed by atoms with Gasteiger partial charge in [-0.2, -0.15) is 9.78 Å². The predicted molar refractivity (Wildman–Crippen MR) is 98.8 cm³/mol. The summed E-state index contributed by atoms with van der Waals surface area (Å²) in [7, 11) is 1.66. The third-order valence-corrected chi connectivity index (χ3v) is 5.16. The van der Waals surface area contributed by atoms with Crippen LogP contribution in [0.3, 0.4) is 0 Å². The van der Waals surface area contributed by atoms with Crippen LogP contribution in [0.4, 0.5) is 0 Å². The van der Waals surface area contributed by atoms with Gasteiger partial charge >= 0.3 is 0 Å². The van der Waals surface area contributed by atoms with Gasteiger partial charge in [-0.15, -0.1) is 10.2 Å². The Morgan fingerprint density at radius 2 is 1.71 bits per heavy atom. The summed E-state index contributed by atoms with van der Waals surface area (Å²) in [6.45, 7) is 0. The number of rotatable bonds is 3. The van der Waals surface area contributed by atoms with E-state index in [1.165, 1.54) is 0 Å². The van der Waals surface area contributed by atoms with Gasteiger partial charge < -0.3 is 4.74 Å². The highest BCUT2D eigenvalue weighted by atomic mass is 79.9. The van der Waals surface area contributed by atoms with Gasteiger partial charge in [0.15, 0.2) is 5.82 Å². The second-order valence-corrected chi connectivity index (χ2v) is 7.05.